The lowest BCUT2D eigenvalue weighted by atomic mass is 10.1. The van der Waals surface area contributed by atoms with E-state index in [2.05, 4.69) is 20.3 Å². The average molecular weight is 359 g/mol. The molecule has 0 aliphatic carbocycles. The summed E-state index contributed by atoms with van der Waals surface area (Å²) in [5.41, 5.74) is 0.802. The van der Waals surface area contributed by atoms with Gasteiger partial charge in [-0.3, -0.25) is 9.89 Å². The summed E-state index contributed by atoms with van der Waals surface area (Å²) in [6.07, 6.45) is 3.28. The van der Waals surface area contributed by atoms with Crippen LogP contribution in [0.3, 0.4) is 0 Å². The molecule has 4 rings (SSSR count). The van der Waals surface area contributed by atoms with Gasteiger partial charge in [-0.05, 0) is 31.9 Å². The van der Waals surface area contributed by atoms with E-state index in [4.69, 9.17) is 8.94 Å². The number of aryl methyl sites for hydroxylation is 1. The van der Waals surface area contributed by atoms with Crippen LogP contribution in [0.2, 0.25) is 0 Å². The van der Waals surface area contributed by atoms with Crippen LogP contribution in [0.1, 0.15) is 46.7 Å². The van der Waals surface area contributed by atoms with Gasteiger partial charge in [0.05, 0.1) is 11.8 Å². The first-order valence-electron chi connectivity index (χ1n) is 8.02. The molecule has 0 aromatic carbocycles. The second-order valence-corrected chi connectivity index (χ2v) is 6.83. The van der Waals surface area contributed by atoms with Crippen molar-refractivity contribution >= 4 is 17.7 Å². The molecule has 3 aromatic heterocycles. The molecule has 0 saturated carbocycles. The molecule has 0 unspecified atom stereocenters. The number of furan rings is 1. The summed E-state index contributed by atoms with van der Waals surface area (Å²) in [6.45, 7) is 2.54. The SMILES string of the molecule is Cc1cc([C@@H]2CCCN2C(=O)c2ccc(CSc3ncn[nH]3)o2)no1. The zero-order chi connectivity index (χ0) is 17.2. The number of nitrogens with one attached hydrogen (secondary N) is 1. The van der Waals surface area contributed by atoms with Crippen LogP contribution in [0, 0.1) is 6.92 Å². The maximum Gasteiger partial charge on any atom is 0.290 e. The summed E-state index contributed by atoms with van der Waals surface area (Å²) in [7, 11) is 0. The average Bonchev–Trinajstić information content (AvgIpc) is 3.37. The Morgan fingerprint density at radius 3 is 3.16 bits per heavy atom. The highest BCUT2D eigenvalue weighted by Gasteiger charge is 2.33. The van der Waals surface area contributed by atoms with E-state index in [1.165, 1.54) is 18.1 Å². The standard InChI is InChI=1S/C16H17N5O3S/c1-10-7-12(20-24-10)13-3-2-6-21(13)15(22)14-5-4-11(23-14)8-25-16-17-9-18-19-16/h4-5,7,9,13H,2-3,6,8H2,1H3,(H,17,18,19)/t13-/m0/s1. The van der Waals surface area contributed by atoms with Crippen LogP contribution in [-0.2, 0) is 5.75 Å². The van der Waals surface area contributed by atoms with E-state index < -0.39 is 0 Å². The fourth-order valence-corrected chi connectivity index (χ4v) is 3.65. The zero-order valence-corrected chi connectivity index (χ0v) is 14.5. The van der Waals surface area contributed by atoms with Crippen LogP contribution in [0.15, 0.2) is 38.6 Å². The lowest BCUT2D eigenvalue weighted by Crippen LogP contribution is -2.30. The third-order valence-corrected chi connectivity index (χ3v) is 5.02. The van der Waals surface area contributed by atoms with Gasteiger partial charge in [0.1, 0.15) is 23.5 Å². The molecule has 1 aliphatic rings. The Kier molecular flexibility index (Phi) is 4.31. The minimum absolute atomic E-state index is 0.0536. The van der Waals surface area contributed by atoms with Gasteiger partial charge in [-0.2, -0.15) is 5.10 Å². The first-order chi connectivity index (χ1) is 12.2. The van der Waals surface area contributed by atoms with Gasteiger partial charge in [-0.1, -0.05) is 16.9 Å². The van der Waals surface area contributed by atoms with E-state index >= 15 is 0 Å². The molecule has 4 heterocycles. The van der Waals surface area contributed by atoms with Crippen molar-refractivity contribution in [2.45, 2.75) is 36.7 Å². The van der Waals surface area contributed by atoms with E-state index in [9.17, 15) is 4.79 Å². The summed E-state index contributed by atoms with van der Waals surface area (Å²) in [4.78, 5) is 18.7. The first-order valence-corrected chi connectivity index (χ1v) is 9.00. The van der Waals surface area contributed by atoms with Crippen molar-refractivity contribution in [2.24, 2.45) is 0 Å². The molecule has 0 radical (unpaired) electrons. The van der Waals surface area contributed by atoms with E-state index in [-0.39, 0.29) is 11.9 Å². The molecule has 3 aromatic rings. The first kappa shape index (κ1) is 15.9. The van der Waals surface area contributed by atoms with Gasteiger partial charge >= 0.3 is 0 Å². The third-order valence-electron chi connectivity index (χ3n) is 4.12. The topological polar surface area (TPSA) is 101 Å². The number of aromatic amines is 1. The molecule has 130 valence electrons. The molecule has 1 atom stereocenters. The fraction of sp³-hybridized carbons (Fsp3) is 0.375. The number of carbonyl (C=O) groups is 1. The number of rotatable bonds is 5. The van der Waals surface area contributed by atoms with Crippen LogP contribution >= 0.6 is 11.8 Å². The predicted molar refractivity (Wildman–Crippen MR) is 88.9 cm³/mol. The van der Waals surface area contributed by atoms with Crippen molar-refractivity contribution in [3.63, 3.8) is 0 Å². The maximum atomic E-state index is 12.8. The van der Waals surface area contributed by atoms with Gasteiger partial charge < -0.3 is 13.8 Å². The van der Waals surface area contributed by atoms with E-state index in [1.54, 1.807) is 6.07 Å². The third kappa shape index (κ3) is 3.32. The van der Waals surface area contributed by atoms with Crippen molar-refractivity contribution in [3.8, 4) is 0 Å². The fourth-order valence-electron chi connectivity index (χ4n) is 2.98. The summed E-state index contributed by atoms with van der Waals surface area (Å²) in [5.74, 6) is 2.28. The monoisotopic (exact) mass is 359 g/mol. The second-order valence-electron chi connectivity index (χ2n) is 5.86. The number of carbonyl (C=O) groups excluding carboxylic acids is 1. The molecular weight excluding hydrogens is 342 g/mol. The highest BCUT2D eigenvalue weighted by atomic mass is 32.2. The van der Waals surface area contributed by atoms with Crippen LogP contribution in [0.4, 0.5) is 0 Å². The Hall–Kier alpha value is -2.55. The Labute approximate surface area is 148 Å². The molecule has 9 heteroatoms. The quantitative estimate of drug-likeness (QED) is 0.699. The minimum Gasteiger partial charge on any atom is -0.455 e. The molecule has 1 fully saturated rings. The van der Waals surface area contributed by atoms with Crippen LogP contribution in [0.25, 0.3) is 0 Å². The Balaban J connectivity index is 1.45. The van der Waals surface area contributed by atoms with Crippen molar-refractivity contribution < 1.29 is 13.7 Å². The number of hydrogen-bond donors (Lipinski definition) is 1. The summed E-state index contributed by atoms with van der Waals surface area (Å²) in [5, 5.41) is 11.4. The van der Waals surface area contributed by atoms with Crippen molar-refractivity contribution in [2.75, 3.05) is 6.54 Å². The molecule has 1 N–H and O–H groups in total. The molecular formula is C16H17N5O3S. The number of hydrogen-bond acceptors (Lipinski definition) is 7. The number of H-pyrrole nitrogens is 1. The number of amides is 1. The van der Waals surface area contributed by atoms with Crippen molar-refractivity contribution in [1.29, 1.82) is 0 Å². The summed E-state index contributed by atoms with van der Waals surface area (Å²) >= 11 is 1.47. The zero-order valence-electron chi connectivity index (χ0n) is 13.6. The van der Waals surface area contributed by atoms with Crippen LogP contribution < -0.4 is 0 Å². The summed E-state index contributed by atoms with van der Waals surface area (Å²) < 4.78 is 10.9. The lowest BCUT2D eigenvalue weighted by molar-refractivity contribution is 0.0697. The van der Waals surface area contributed by atoms with Gasteiger partial charge in [-0.25, -0.2) is 4.98 Å². The van der Waals surface area contributed by atoms with Crippen LogP contribution in [0.5, 0.6) is 0 Å². The van der Waals surface area contributed by atoms with Crippen molar-refractivity contribution in [3.05, 3.63) is 47.5 Å². The molecule has 1 aliphatic heterocycles. The van der Waals surface area contributed by atoms with Gasteiger partial charge in [0.2, 0.25) is 0 Å². The number of aromatic nitrogens is 4. The van der Waals surface area contributed by atoms with E-state index in [0.29, 0.717) is 23.2 Å². The smallest absolute Gasteiger partial charge is 0.290 e. The molecule has 0 spiro atoms. The normalized spacial score (nSPS) is 17.3. The van der Waals surface area contributed by atoms with Crippen molar-refractivity contribution in [1.82, 2.24) is 25.2 Å². The van der Waals surface area contributed by atoms with E-state index in [0.717, 1.165) is 30.1 Å². The maximum absolute atomic E-state index is 12.8. The molecule has 8 nitrogen and oxygen atoms in total. The lowest BCUT2D eigenvalue weighted by Gasteiger charge is -2.21. The minimum atomic E-state index is -0.112. The van der Waals surface area contributed by atoms with Gasteiger partial charge in [0, 0.05) is 12.6 Å². The number of thioether (sulfide) groups is 1. The van der Waals surface area contributed by atoms with Gasteiger partial charge in [-0.15, -0.1) is 0 Å². The van der Waals surface area contributed by atoms with E-state index in [1.807, 2.05) is 24.0 Å². The van der Waals surface area contributed by atoms with Gasteiger partial charge in [0.25, 0.3) is 5.91 Å². The van der Waals surface area contributed by atoms with Gasteiger partial charge in [0.15, 0.2) is 10.9 Å². The highest BCUT2D eigenvalue weighted by Crippen LogP contribution is 2.33. The highest BCUT2D eigenvalue weighted by molar-refractivity contribution is 7.98. The molecule has 25 heavy (non-hydrogen) atoms. The van der Waals surface area contributed by atoms with Crippen LogP contribution in [-0.4, -0.2) is 37.7 Å². The molecule has 1 saturated heterocycles. The molecule has 0 bridgehead atoms. The Morgan fingerprint density at radius 2 is 2.40 bits per heavy atom. The summed E-state index contributed by atoms with van der Waals surface area (Å²) in [6, 6.07) is 5.38. The number of likely N-dealkylation sites (tertiary alicyclic amines) is 1. The Bertz CT molecular complexity index is 857. The Morgan fingerprint density at radius 1 is 1.48 bits per heavy atom. The molecule has 1 amide bonds. The predicted octanol–water partition coefficient (Wildman–Crippen LogP) is 2.96. The second kappa shape index (κ2) is 6.75. The largest absolute Gasteiger partial charge is 0.455 e. The number of nitrogens with zero attached hydrogens (tertiary/aromatic N) is 4.